The van der Waals surface area contributed by atoms with Gasteiger partial charge in [-0.05, 0) is 52.2 Å². The number of pyridine rings is 1. The van der Waals surface area contributed by atoms with Gasteiger partial charge < -0.3 is 0 Å². The number of fused-ring (bicyclic) bond motifs is 1. The highest BCUT2D eigenvalue weighted by Gasteiger charge is 2.06. The van der Waals surface area contributed by atoms with Gasteiger partial charge in [0.2, 0.25) is 0 Å². The van der Waals surface area contributed by atoms with Crippen LogP contribution in [0.25, 0.3) is 21.2 Å². The van der Waals surface area contributed by atoms with Crippen molar-refractivity contribution >= 4 is 21.4 Å². The Kier molecular flexibility index (Phi) is 2.36. The van der Waals surface area contributed by atoms with E-state index in [1.807, 2.05) is 29.6 Å². The summed E-state index contributed by atoms with van der Waals surface area (Å²) < 4.78 is 1.06. The minimum atomic E-state index is 0.740. The van der Waals surface area contributed by atoms with Crippen molar-refractivity contribution in [3.63, 3.8) is 0 Å². The van der Waals surface area contributed by atoms with Crippen molar-refractivity contribution in [3.8, 4) is 17.2 Å². The number of aromatic nitrogens is 1. The number of nitriles is 1. The van der Waals surface area contributed by atoms with Crippen molar-refractivity contribution in [2.24, 2.45) is 0 Å². The van der Waals surface area contributed by atoms with Crippen LogP contribution in [-0.2, 0) is 0 Å². The summed E-state index contributed by atoms with van der Waals surface area (Å²) in [7, 11) is 0. The van der Waals surface area contributed by atoms with Crippen LogP contribution in [0, 0.1) is 11.3 Å². The number of rotatable bonds is 1. The summed E-state index contributed by atoms with van der Waals surface area (Å²) in [4.78, 5) is 4.00. The summed E-state index contributed by atoms with van der Waals surface area (Å²) >= 11 is 1.61. The highest BCUT2D eigenvalue weighted by atomic mass is 32.1. The molecule has 0 fully saturated rings. The average Bonchev–Trinajstić information content (AvgIpc) is 2.86. The van der Waals surface area contributed by atoms with Gasteiger partial charge in [-0.1, -0.05) is 0 Å². The van der Waals surface area contributed by atoms with Crippen LogP contribution >= 0.6 is 11.3 Å². The number of hydrogen-bond acceptors (Lipinski definition) is 3. The molecule has 0 aliphatic rings. The van der Waals surface area contributed by atoms with Crippen LogP contribution in [0.1, 0.15) is 5.56 Å². The standard InChI is InChI=1S/C14H8N2S/c15-9-13-8-12(10-1-4-16-5-2-10)7-11-3-6-17-14(11)13/h1-8H. The molecule has 1 aromatic carbocycles. The molecule has 3 heteroatoms. The third-order valence-corrected chi connectivity index (χ3v) is 3.65. The van der Waals surface area contributed by atoms with Gasteiger partial charge in [0, 0.05) is 12.4 Å². The summed E-state index contributed by atoms with van der Waals surface area (Å²) in [5, 5.41) is 12.3. The van der Waals surface area contributed by atoms with Crippen molar-refractivity contribution in [1.82, 2.24) is 4.98 Å². The van der Waals surface area contributed by atoms with Crippen LogP contribution in [0.5, 0.6) is 0 Å². The van der Waals surface area contributed by atoms with Crippen LogP contribution in [0.2, 0.25) is 0 Å². The smallest absolute Gasteiger partial charge is 0.101 e. The number of benzene rings is 1. The molecule has 0 saturated heterocycles. The van der Waals surface area contributed by atoms with E-state index in [1.165, 1.54) is 0 Å². The lowest BCUT2D eigenvalue weighted by Gasteiger charge is -2.02. The average molecular weight is 236 g/mol. The molecule has 0 radical (unpaired) electrons. The second-order valence-electron chi connectivity index (χ2n) is 3.71. The van der Waals surface area contributed by atoms with Crippen molar-refractivity contribution < 1.29 is 0 Å². The zero-order valence-electron chi connectivity index (χ0n) is 8.92. The minimum absolute atomic E-state index is 0.740. The molecule has 0 bridgehead atoms. The highest BCUT2D eigenvalue weighted by Crippen LogP contribution is 2.30. The lowest BCUT2D eigenvalue weighted by atomic mass is 10.0. The molecule has 80 valence electrons. The molecule has 0 saturated carbocycles. The van der Waals surface area contributed by atoms with Gasteiger partial charge in [-0.3, -0.25) is 4.98 Å². The molecule has 0 N–H and O–H groups in total. The summed E-state index contributed by atoms with van der Waals surface area (Å²) in [5.74, 6) is 0. The van der Waals surface area contributed by atoms with Crippen LogP contribution in [0.4, 0.5) is 0 Å². The van der Waals surface area contributed by atoms with Crippen molar-refractivity contribution in [1.29, 1.82) is 5.26 Å². The van der Waals surface area contributed by atoms with Gasteiger partial charge in [-0.25, -0.2) is 0 Å². The Balaban J connectivity index is 2.29. The molecule has 2 nitrogen and oxygen atoms in total. The van der Waals surface area contributed by atoms with Crippen molar-refractivity contribution in [3.05, 3.63) is 53.7 Å². The first-order chi connectivity index (χ1) is 8.38. The second kappa shape index (κ2) is 4.00. The minimum Gasteiger partial charge on any atom is -0.265 e. The molecule has 17 heavy (non-hydrogen) atoms. The summed E-state index contributed by atoms with van der Waals surface area (Å²) in [6.07, 6.45) is 3.53. The fourth-order valence-corrected chi connectivity index (χ4v) is 2.72. The SMILES string of the molecule is N#Cc1cc(-c2ccncc2)cc2ccsc12. The van der Waals surface area contributed by atoms with E-state index in [4.69, 9.17) is 5.26 Å². The third-order valence-electron chi connectivity index (χ3n) is 2.69. The predicted octanol–water partition coefficient (Wildman–Crippen LogP) is 3.83. The Morgan fingerprint density at radius 1 is 1.06 bits per heavy atom. The Morgan fingerprint density at radius 2 is 1.88 bits per heavy atom. The molecule has 2 heterocycles. The third kappa shape index (κ3) is 1.69. The summed E-state index contributed by atoms with van der Waals surface area (Å²) in [6, 6.07) is 12.3. The summed E-state index contributed by atoms with van der Waals surface area (Å²) in [6.45, 7) is 0. The van der Waals surface area contributed by atoms with Gasteiger partial charge in [-0.2, -0.15) is 5.26 Å². The van der Waals surface area contributed by atoms with E-state index in [9.17, 15) is 0 Å². The largest absolute Gasteiger partial charge is 0.265 e. The predicted molar refractivity (Wildman–Crippen MR) is 69.8 cm³/mol. The van der Waals surface area contributed by atoms with Gasteiger partial charge in [-0.15, -0.1) is 11.3 Å². The molecule has 2 aromatic heterocycles. The Hall–Kier alpha value is -2.18. The van der Waals surface area contributed by atoms with E-state index >= 15 is 0 Å². The molecule has 0 atom stereocenters. The Bertz CT molecular complexity index is 708. The molecule has 0 spiro atoms. The number of hydrogen-bond donors (Lipinski definition) is 0. The lowest BCUT2D eigenvalue weighted by molar-refractivity contribution is 1.33. The molecule has 0 aliphatic carbocycles. The molecule has 0 unspecified atom stereocenters. The molecule has 3 rings (SSSR count). The molecule has 3 aromatic rings. The fraction of sp³-hybridized carbons (Fsp3) is 0. The van der Waals surface area contributed by atoms with E-state index in [2.05, 4.69) is 17.1 Å². The highest BCUT2D eigenvalue weighted by molar-refractivity contribution is 7.17. The van der Waals surface area contributed by atoms with E-state index in [-0.39, 0.29) is 0 Å². The van der Waals surface area contributed by atoms with E-state index in [1.54, 1.807) is 23.7 Å². The van der Waals surface area contributed by atoms with Gasteiger partial charge in [0.1, 0.15) is 6.07 Å². The monoisotopic (exact) mass is 236 g/mol. The van der Waals surface area contributed by atoms with Gasteiger partial charge >= 0.3 is 0 Å². The Morgan fingerprint density at radius 3 is 2.65 bits per heavy atom. The van der Waals surface area contributed by atoms with Crippen LogP contribution in [-0.4, -0.2) is 4.98 Å². The van der Waals surface area contributed by atoms with Gasteiger partial charge in [0.05, 0.1) is 10.3 Å². The van der Waals surface area contributed by atoms with E-state index < -0.39 is 0 Å². The molecular formula is C14H8N2S. The van der Waals surface area contributed by atoms with Gasteiger partial charge in [0.25, 0.3) is 0 Å². The zero-order chi connectivity index (χ0) is 11.7. The first-order valence-electron chi connectivity index (χ1n) is 5.20. The zero-order valence-corrected chi connectivity index (χ0v) is 9.74. The number of nitrogens with zero attached hydrogens (tertiary/aromatic N) is 2. The molecular weight excluding hydrogens is 228 g/mol. The van der Waals surface area contributed by atoms with Crippen LogP contribution < -0.4 is 0 Å². The fourth-order valence-electron chi connectivity index (χ4n) is 1.88. The normalized spacial score (nSPS) is 10.3. The number of thiophene rings is 1. The maximum Gasteiger partial charge on any atom is 0.101 e. The topological polar surface area (TPSA) is 36.7 Å². The molecule has 0 aliphatic heterocycles. The van der Waals surface area contributed by atoms with Crippen LogP contribution in [0.15, 0.2) is 48.1 Å². The van der Waals surface area contributed by atoms with E-state index in [0.29, 0.717) is 0 Å². The van der Waals surface area contributed by atoms with Crippen molar-refractivity contribution in [2.45, 2.75) is 0 Å². The maximum absolute atomic E-state index is 9.17. The first-order valence-corrected chi connectivity index (χ1v) is 6.08. The van der Waals surface area contributed by atoms with Gasteiger partial charge in [0.15, 0.2) is 0 Å². The van der Waals surface area contributed by atoms with Crippen molar-refractivity contribution in [2.75, 3.05) is 0 Å². The summed E-state index contributed by atoms with van der Waals surface area (Å²) in [5.41, 5.74) is 2.89. The maximum atomic E-state index is 9.17. The molecule has 0 amide bonds. The Labute approximate surface area is 103 Å². The second-order valence-corrected chi connectivity index (χ2v) is 4.63. The van der Waals surface area contributed by atoms with E-state index in [0.717, 1.165) is 26.8 Å². The lowest BCUT2D eigenvalue weighted by Crippen LogP contribution is -1.81. The quantitative estimate of drug-likeness (QED) is 0.643. The van der Waals surface area contributed by atoms with Crippen LogP contribution in [0.3, 0.4) is 0 Å². The first kappa shape index (κ1) is 10.0.